The monoisotopic (exact) mass is 260 g/mol. The zero-order valence-electron chi connectivity index (χ0n) is 11.9. The predicted octanol–water partition coefficient (Wildman–Crippen LogP) is 3.17. The summed E-state index contributed by atoms with van der Waals surface area (Å²) in [6.07, 6.45) is 3.93. The molecule has 104 valence electrons. The molecule has 3 nitrogen and oxygen atoms in total. The first kappa shape index (κ1) is 13.9. The van der Waals surface area contributed by atoms with Crippen LogP contribution in [0.2, 0.25) is 0 Å². The minimum absolute atomic E-state index is 0.221. The molecular weight excluding hydrogens is 236 g/mol. The SMILES string of the molecule is CC(C)C1CCCC(Nc2ccccc2)(C(N)=O)C1. The van der Waals surface area contributed by atoms with Crippen LogP contribution in [0, 0.1) is 11.8 Å². The molecule has 2 unspecified atom stereocenters. The van der Waals surface area contributed by atoms with Crippen LogP contribution < -0.4 is 11.1 Å². The molecule has 1 aromatic carbocycles. The van der Waals surface area contributed by atoms with Gasteiger partial charge >= 0.3 is 0 Å². The number of nitrogens with two attached hydrogens (primary N) is 1. The van der Waals surface area contributed by atoms with Gasteiger partial charge in [-0.3, -0.25) is 4.79 Å². The van der Waals surface area contributed by atoms with E-state index >= 15 is 0 Å². The van der Waals surface area contributed by atoms with E-state index in [1.165, 1.54) is 6.42 Å². The molecule has 0 saturated heterocycles. The first-order valence-corrected chi connectivity index (χ1v) is 7.17. The average Bonchev–Trinajstić information content (AvgIpc) is 2.40. The van der Waals surface area contributed by atoms with Crippen LogP contribution in [0.3, 0.4) is 0 Å². The Hall–Kier alpha value is -1.51. The fourth-order valence-corrected chi connectivity index (χ4v) is 3.08. The molecule has 2 rings (SSSR count). The van der Waals surface area contributed by atoms with E-state index in [9.17, 15) is 4.79 Å². The highest BCUT2D eigenvalue weighted by Gasteiger charge is 2.42. The van der Waals surface area contributed by atoms with Gasteiger partial charge in [0, 0.05) is 5.69 Å². The van der Waals surface area contributed by atoms with Crippen LogP contribution in [0.5, 0.6) is 0 Å². The third kappa shape index (κ3) is 3.09. The summed E-state index contributed by atoms with van der Waals surface area (Å²) in [5, 5.41) is 3.40. The van der Waals surface area contributed by atoms with Crippen LogP contribution in [0.1, 0.15) is 39.5 Å². The Morgan fingerprint density at radius 2 is 2.05 bits per heavy atom. The van der Waals surface area contributed by atoms with E-state index < -0.39 is 5.54 Å². The number of rotatable bonds is 4. The summed E-state index contributed by atoms with van der Waals surface area (Å²) in [5.41, 5.74) is 6.11. The molecule has 1 saturated carbocycles. The second kappa shape index (κ2) is 5.64. The van der Waals surface area contributed by atoms with Crippen molar-refractivity contribution >= 4 is 11.6 Å². The van der Waals surface area contributed by atoms with Crippen molar-refractivity contribution in [1.82, 2.24) is 0 Å². The van der Waals surface area contributed by atoms with Gasteiger partial charge in [-0.25, -0.2) is 0 Å². The number of carbonyl (C=O) groups excluding carboxylic acids is 1. The van der Waals surface area contributed by atoms with Crippen LogP contribution in [0.4, 0.5) is 5.69 Å². The molecular formula is C16H24N2O. The highest BCUT2D eigenvalue weighted by atomic mass is 16.1. The van der Waals surface area contributed by atoms with Gasteiger partial charge in [-0.15, -0.1) is 0 Å². The van der Waals surface area contributed by atoms with Crippen molar-refractivity contribution in [3.8, 4) is 0 Å². The Morgan fingerprint density at radius 3 is 2.63 bits per heavy atom. The molecule has 0 bridgehead atoms. The van der Waals surface area contributed by atoms with Gasteiger partial charge in [0.25, 0.3) is 0 Å². The molecule has 0 radical (unpaired) electrons. The Bertz CT molecular complexity index is 430. The predicted molar refractivity (Wildman–Crippen MR) is 78.8 cm³/mol. The smallest absolute Gasteiger partial charge is 0.243 e. The fourth-order valence-electron chi connectivity index (χ4n) is 3.08. The average molecular weight is 260 g/mol. The minimum Gasteiger partial charge on any atom is -0.371 e. The van der Waals surface area contributed by atoms with Gasteiger partial charge < -0.3 is 11.1 Å². The van der Waals surface area contributed by atoms with Gasteiger partial charge in [-0.1, -0.05) is 38.5 Å². The molecule has 0 heterocycles. The van der Waals surface area contributed by atoms with Gasteiger partial charge in [0.15, 0.2) is 0 Å². The molecule has 1 aliphatic rings. The van der Waals surface area contributed by atoms with Crippen LogP contribution in [-0.4, -0.2) is 11.4 Å². The van der Waals surface area contributed by atoms with E-state index in [0.29, 0.717) is 11.8 Å². The van der Waals surface area contributed by atoms with Gasteiger partial charge in [0.2, 0.25) is 5.91 Å². The lowest BCUT2D eigenvalue weighted by Crippen LogP contribution is -2.53. The third-order valence-corrected chi connectivity index (χ3v) is 4.36. The Balaban J connectivity index is 2.20. The summed E-state index contributed by atoms with van der Waals surface area (Å²) in [6, 6.07) is 9.90. The van der Waals surface area contributed by atoms with Crippen molar-refractivity contribution in [3.05, 3.63) is 30.3 Å². The van der Waals surface area contributed by atoms with E-state index in [4.69, 9.17) is 5.73 Å². The normalized spacial score (nSPS) is 27.2. The molecule has 1 aliphatic carbocycles. The van der Waals surface area contributed by atoms with Crippen molar-refractivity contribution < 1.29 is 4.79 Å². The number of amides is 1. The largest absolute Gasteiger partial charge is 0.371 e. The van der Waals surface area contributed by atoms with Gasteiger partial charge in [0.1, 0.15) is 5.54 Å². The summed E-state index contributed by atoms with van der Waals surface area (Å²) >= 11 is 0. The Kier molecular flexibility index (Phi) is 4.13. The first-order chi connectivity index (χ1) is 9.03. The van der Waals surface area contributed by atoms with Crippen molar-refractivity contribution in [3.63, 3.8) is 0 Å². The zero-order chi connectivity index (χ0) is 13.9. The highest BCUT2D eigenvalue weighted by molar-refractivity contribution is 5.88. The molecule has 1 fully saturated rings. The number of nitrogens with one attached hydrogen (secondary N) is 1. The number of hydrogen-bond donors (Lipinski definition) is 2. The molecule has 0 aliphatic heterocycles. The number of para-hydroxylation sites is 1. The van der Waals surface area contributed by atoms with E-state index in [1.54, 1.807) is 0 Å². The maximum absolute atomic E-state index is 12.0. The van der Waals surface area contributed by atoms with Crippen molar-refractivity contribution in [2.45, 2.75) is 45.1 Å². The lowest BCUT2D eigenvalue weighted by Gasteiger charge is -2.41. The number of carbonyl (C=O) groups is 1. The van der Waals surface area contributed by atoms with E-state index in [2.05, 4.69) is 19.2 Å². The second-order valence-electron chi connectivity index (χ2n) is 6.04. The molecule has 0 aromatic heterocycles. The van der Waals surface area contributed by atoms with Crippen LogP contribution in [0.25, 0.3) is 0 Å². The van der Waals surface area contributed by atoms with Gasteiger partial charge in [-0.2, -0.15) is 0 Å². The second-order valence-corrected chi connectivity index (χ2v) is 6.04. The van der Waals surface area contributed by atoms with Crippen molar-refractivity contribution in [1.29, 1.82) is 0 Å². The summed E-state index contributed by atoms with van der Waals surface area (Å²) in [5.74, 6) is 0.941. The molecule has 1 amide bonds. The molecule has 1 aromatic rings. The number of anilines is 1. The summed E-state index contributed by atoms with van der Waals surface area (Å²) in [4.78, 5) is 12.0. The summed E-state index contributed by atoms with van der Waals surface area (Å²) in [7, 11) is 0. The number of primary amides is 1. The summed E-state index contributed by atoms with van der Waals surface area (Å²) < 4.78 is 0. The maximum atomic E-state index is 12.0. The lowest BCUT2D eigenvalue weighted by atomic mass is 9.71. The quantitative estimate of drug-likeness (QED) is 0.873. The van der Waals surface area contributed by atoms with Crippen LogP contribution in [0.15, 0.2) is 30.3 Å². The molecule has 3 heteroatoms. The Morgan fingerprint density at radius 1 is 1.37 bits per heavy atom. The molecule has 3 N–H and O–H groups in total. The summed E-state index contributed by atoms with van der Waals surface area (Å²) in [6.45, 7) is 4.45. The minimum atomic E-state index is -0.575. The van der Waals surface area contributed by atoms with Crippen LogP contribution >= 0.6 is 0 Å². The van der Waals surface area contributed by atoms with E-state index in [-0.39, 0.29) is 5.91 Å². The molecule has 0 spiro atoms. The van der Waals surface area contributed by atoms with Crippen LogP contribution in [-0.2, 0) is 4.79 Å². The topological polar surface area (TPSA) is 55.1 Å². The number of hydrogen-bond acceptors (Lipinski definition) is 2. The first-order valence-electron chi connectivity index (χ1n) is 7.17. The van der Waals surface area contributed by atoms with Crippen molar-refractivity contribution in [2.75, 3.05) is 5.32 Å². The zero-order valence-corrected chi connectivity index (χ0v) is 11.9. The Labute approximate surface area is 115 Å². The lowest BCUT2D eigenvalue weighted by molar-refractivity contribution is -0.124. The highest BCUT2D eigenvalue weighted by Crippen LogP contribution is 2.38. The standard InChI is InChI=1S/C16H24N2O/c1-12(2)13-7-6-10-16(11-13,15(17)19)18-14-8-4-3-5-9-14/h3-5,8-9,12-13,18H,6-7,10-11H2,1-2H3,(H2,17,19). The maximum Gasteiger partial charge on any atom is 0.243 e. The third-order valence-electron chi connectivity index (χ3n) is 4.36. The van der Waals surface area contributed by atoms with Gasteiger partial charge in [-0.05, 0) is 43.2 Å². The van der Waals surface area contributed by atoms with E-state index in [1.807, 2.05) is 30.3 Å². The number of benzene rings is 1. The molecule has 2 atom stereocenters. The van der Waals surface area contributed by atoms with E-state index in [0.717, 1.165) is 24.9 Å². The van der Waals surface area contributed by atoms with Gasteiger partial charge in [0.05, 0.1) is 0 Å². The molecule has 19 heavy (non-hydrogen) atoms. The fraction of sp³-hybridized carbons (Fsp3) is 0.562. The van der Waals surface area contributed by atoms with Crippen molar-refractivity contribution in [2.24, 2.45) is 17.6 Å².